The van der Waals surface area contributed by atoms with E-state index in [0.29, 0.717) is 5.02 Å². The average molecular weight is 222 g/mol. The SMILES string of the molecule is O=C1NCCC/C1=C/c1ccc(Cl)cc1. The van der Waals surface area contributed by atoms with E-state index >= 15 is 0 Å². The molecule has 0 bridgehead atoms. The van der Waals surface area contributed by atoms with E-state index in [0.717, 1.165) is 30.5 Å². The van der Waals surface area contributed by atoms with Crippen LogP contribution in [0.2, 0.25) is 5.02 Å². The van der Waals surface area contributed by atoms with Crippen molar-refractivity contribution in [2.24, 2.45) is 0 Å². The highest BCUT2D eigenvalue weighted by Gasteiger charge is 2.13. The number of nitrogens with one attached hydrogen (secondary N) is 1. The largest absolute Gasteiger partial charge is 0.352 e. The van der Waals surface area contributed by atoms with E-state index < -0.39 is 0 Å². The molecule has 0 aliphatic carbocycles. The molecule has 15 heavy (non-hydrogen) atoms. The molecule has 1 saturated heterocycles. The number of halogens is 1. The lowest BCUT2D eigenvalue weighted by atomic mass is 10.0. The minimum absolute atomic E-state index is 0.0520. The third-order valence-electron chi connectivity index (χ3n) is 2.41. The molecule has 1 aliphatic heterocycles. The van der Waals surface area contributed by atoms with Crippen LogP contribution < -0.4 is 5.32 Å². The molecule has 1 fully saturated rings. The van der Waals surface area contributed by atoms with Crippen LogP contribution in [0.5, 0.6) is 0 Å². The number of hydrogen-bond acceptors (Lipinski definition) is 1. The lowest BCUT2D eigenvalue weighted by Gasteiger charge is -2.14. The van der Waals surface area contributed by atoms with Gasteiger partial charge in [0.05, 0.1) is 0 Å². The zero-order valence-electron chi connectivity index (χ0n) is 8.29. The van der Waals surface area contributed by atoms with Crippen molar-refractivity contribution in [3.8, 4) is 0 Å². The minimum Gasteiger partial charge on any atom is -0.352 e. The maximum atomic E-state index is 11.5. The maximum absolute atomic E-state index is 11.5. The van der Waals surface area contributed by atoms with Crippen molar-refractivity contribution in [3.05, 3.63) is 40.4 Å². The molecule has 1 aliphatic rings. The van der Waals surface area contributed by atoms with Gasteiger partial charge in [0.15, 0.2) is 0 Å². The highest BCUT2D eigenvalue weighted by atomic mass is 35.5. The van der Waals surface area contributed by atoms with E-state index in [1.54, 1.807) is 0 Å². The Hall–Kier alpha value is -1.28. The Morgan fingerprint density at radius 3 is 2.67 bits per heavy atom. The second kappa shape index (κ2) is 4.49. The molecule has 1 aromatic carbocycles. The first-order valence-corrected chi connectivity index (χ1v) is 5.38. The Kier molecular flexibility index (Phi) is 3.07. The monoisotopic (exact) mass is 221 g/mol. The van der Waals surface area contributed by atoms with Crippen LogP contribution in [-0.4, -0.2) is 12.5 Å². The molecule has 0 saturated carbocycles. The molecule has 0 unspecified atom stereocenters. The Morgan fingerprint density at radius 1 is 1.27 bits per heavy atom. The van der Waals surface area contributed by atoms with E-state index in [-0.39, 0.29) is 5.91 Å². The van der Waals surface area contributed by atoms with Gasteiger partial charge in [0.25, 0.3) is 0 Å². The lowest BCUT2D eigenvalue weighted by Crippen LogP contribution is -2.30. The van der Waals surface area contributed by atoms with Crippen molar-refractivity contribution >= 4 is 23.6 Å². The Morgan fingerprint density at radius 2 is 2.00 bits per heavy atom. The number of amides is 1. The molecule has 1 amide bonds. The summed E-state index contributed by atoms with van der Waals surface area (Å²) in [5.74, 6) is 0.0520. The predicted octanol–water partition coefficient (Wildman–Crippen LogP) is 2.63. The third-order valence-corrected chi connectivity index (χ3v) is 2.66. The average Bonchev–Trinajstić information content (AvgIpc) is 2.25. The van der Waals surface area contributed by atoms with E-state index in [1.165, 1.54) is 0 Å². The molecule has 3 heteroatoms. The fourth-order valence-corrected chi connectivity index (χ4v) is 1.73. The quantitative estimate of drug-likeness (QED) is 0.726. The molecule has 0 atom stereocenters. The molecule has 2 nitrogen and oxygen atoms in total. The normalized spacial score (nSPS) is 19.0. The van der Waals surface area contributed by atoms with Gasteiger partial charge in [0, 0.05) is 17.1 Å². The van der Waals surface area contributed by atoms with E-state index in [4.69, 9.17) is 11.6 Å². The summed E-state index contributed by atoms with van der Waals surface area (Å²) in [6.45, 7) is 0.788. The minimum atomic E-state index is 0.0520. The van der Waals surface area contributed by atoms with Gasteiger partial charge in [0.1, 0.15) is 0 Å². The van der Waals surface area contributed by atoms with Gasteiger partial charge < -0.3 is 5.32 Å². The third kappa shape index (κ3) is 2.60. The number of carbonyl (C=O) groups is 1. The standard InChI is InChI=1S/C12H12ClNO/c13-11-5-3-9(4-6-11)8-10-2-1-7-14-12(10)15/h3-6,8H,1-2,7H2,(H,14,15)/b10-8-. The first-order chi connectivity index (χ1) is 7.25. The van der Waals surface area contributed by atoms with Gasteiger partial charge in [-0.1, -0.05) is 23.7 Å². The zero-order valence-corrected chi connectivity index (χ0v) is 9.05. The molecule has 78 valence electrons. The Balaban J connectivity index is 2.21. The summed E-state index contributed by atoms with van der Waals surface area (Å²) in [5, 5.41) is 3.54. The summed E-state index contributed by atoms with van der Waals surface area (Å²) in [4.78, 5) is 11.5. The number of rotatable bonds is 1. The molecular formula is C12H12ClNO. The summed E-state index contributed by atoms with van der Waals surface area (Å²) >= 11 is 5.78. The highest BCUT2D eigenvalue weighted by Crippen LogP contribution is 2.16. The summed E-state index contributed by atoms with van der Waals surface area (Å²) in [5.41, 5.74) is 1.87. The molecule has 0 radical (unpaired) electrons. The van der Waals surface area contributed by atoms with E-state index in [1.807, 2.05) is 30.3 Å². The summed E-state index contributed by atoms with van der Waals surface area (Å²) < 4.78 is 0. The molecule has 2 rings (SSSR count). The van der Waals surface area contributed by atoms with Gasteiger partial charge >= 0.3 is 0 Å². The molecular weight excluding hydrogens is 210 g/mol. The Bertz CT molecular complexity index is 395. The first kappa shape index (κ1) is 10.2. The topological polar surface area (TPSA) is 29.1 Å². The Labute approximate surface area is 93.9 Å². The number of hydrogen-bond donors (Lipinski definition) is 1. The highest BCUT2D eigenvalue weighted by molar-refractivity contribution is 6.30. The molecule has 1 heterocycles. The van der Waals surface area contributed by atoms with Gasteiger partial charge in [-0.05, 0) is 36.6 Å². The molecule has 1 N–H and O–H groups in total. The number of benzene rings is 1. The van der Waals surface area contributed by atoms with Gasteiger partial charge in [-0.2, -0.15) is 0 Å². The van der Waals surface area contributed by atoms with Gasteiger partial charge in [-0.15, -0.1) is 0 Å². The van der Waals surface area contributed by atoms with Crippen LogP contribution in [0.3, 0.4) is 0 Å². The van der Waals surface area contributed by atoms with Crippen LogP contribution in [0.25, 0.3) is 6.08 Å². The van der Waals surface area contributed by atoms with Crippen molar-refractivity contribution in [1.29, 1.82) is 0 Å². The van der Waals surface area contributed by atoms with Crippen LogP contribution in [0.1, 0.15) is 18.4 Å². The van der Waals surface area contributed by atoms with Crippen molar-refractivity contribution < 1.29 is 4.79 Å². The van der Waals surface area contributed by atoms with Crippen LogP contribution in [0.4, 0.5) is 0 Å². The second-order valence-electron chi connectivity index (χ2n) is 3.58. The van der Waals surface area contributed by atoms with Crippen molar-refractivity contribution in [2.75, 3.05) is 6.54 Å². The van der Waals surface area contributed by atoms with Crippen molar-refractivity contribution in [3.63, 3.8) is 0 Å². The van der Waals surface area contributed by atoms with Gasteiger partial charge in [-0.3, -0.25) is 4.79 Å². The number of carbonyl (C=O) groups excluding carboxylic acids is 1. The van der Waals surface area contributed by atoms with Crippen molar-refractivity contribution in [2.45, 2.75) is 12.8 Å². The second-order valence-corrected chi connectivity index (χ2v) is 4.02. The summed E-state index contributed by atoms with van der Waals surface area (Å²) in [6, 6.07) is 7.48. The van der Waals surface area contributed by atoms with Crippen LogP contribution in [-0.2, 0) is 4.79 Å². The fraction of sp³-hybridized carbons (Fsp3) is 0.250. The summed E-state index contributed by atoms with van der Waals surface area (Å²) in [7, 11) is 0. The smallest absolute Gasteiger partial charge is 0.247 e. The van der Waals surface area contributed by atoms with Crippen LogP contribution >= 0.6 is 11.6 Å². The fourth-order valence-electron chi connectivity index (χ4n) is 1.61. The molecule has 0 aromatic heterocycles. The van der Waals surface area contributed by atoms with E-state index in [2.05, 4.69) is 5.32 Å². The van der Waals surface area contributed by atoms with Gasteiger partial charge in [-0.25, -0.2) is 0 Å². The van der Waals surface area contributed by atoms with Crippen LogP contribution in [0.15, 0.2) is 29.8 Å². The zero-order chi connectivity index (χ0) is 10.7. The van der Waals surface area contributed by atoms with Gasteiger partial charge in [0.2, 0.25) is 5.91 Å². The predicted molar refractivity (Wildman–Crippen MR) is 61.7 cm³/mol. The lowest BCUT2D eigenvalue weighted by molar-refractivity contribution is -0.118. The molecule has 0 spiro atoms. The summed E-state index contributed by atoms with van der Waals surface area (Å²) in [6.07, 6.45) is 3.80. The number of piperidine rings is 1. The van der Waals surface area contributed by atoms with Crippen molar-refractivity contribution in [1.82, 2.24) is 5.32 Å². The molecule has 1 aromatic rings. The first-order valence-electron chi connectivity index (χ1n) is 5.00. The maximum Gasteiger partial charge on any atom is 0.247 e. The van der Waals surface area contributed by atoms with Crippen LogP contribution in [0, 0.1) is 0 Å². The van der Waals surface area contributed by atoms with E-state index in [9.17, 15) is 4.79 Å².